The monoisotopic (exact) mass is 353 g/mol. The fourth-order valence-corrected chi connectivity index (χ4v) is 2.61. The smallest absolute Gasteiger partial charge is 0.268 e. The molecule has 0 unspecified atom stereocenters. The van der Waals surface area contributed by atoms with E-state index >= 15 is 0 Å². The summed E-state index contributed by atoms with van der Waals surface area (Å²) in [6.07, 6.45) is 5.59. The van der Waals surface area contributed by atoms with E-state index in [2.05, 4.69) is 21.6 Å². The Labute approximate surface area is 150 Å². The molecule has 134 valence electrons. The van der Waals surface area contributed by atoms with Gasteiger partial charge < -0.3 is 4.74 Å². The second-order valence-electron chi connectivity index (χ2n) is 5.96. The van der Waals surface area contributed by atoms with Crippen molar-refractivity contribution >= 4 is 18.0 Å². The molecule has 8 heteroatoms. The molecule has 1 aromatic carbocycles. The van der Waals surface area contributed by atoms with Crippen molar-refractivity contribution in [1.82, 2.24) is 25.2 Å². The third-order valence-electron chi connectivity index (χ3n) is 3.74. The minimum absolute atomic E-state index is 0.203. The Bertz CT molecular complexity index is 893. The molecule has 0 radical (unpaired) electrons. The lowest BCUT2D eigenvalue weighted by Crippen LogP contribution is -2.42. The molecule has 0 aliphatic carbocycles. The lowest BCUT2D eigenvalue weighted by molar-refractivity contribution is -0.134. The van der Waals surface area contributed by atoms with Crippen molar-refractivity contribution in [3.05, 3.63) is 53.6 Å². The van der Waals surface area contributed by atoms with Crippen molar-refractivity contribution in [3.63, 3.8) is 0 Å². The number of methoxy groups -OCH3 is 1. The SMILES string of the molecule is COC1=CC(=O)N(NC(=O)/C=C\n2cnc(-c3cc(C)cc(C)c3)n2)C1. The van der Waals surface area contributed by atoms with Crippen LogP contribution in [0.3, 0.4) is 0 Å². The van der Waals surface area contributed by atoms with Crippen LogP contribution in [0.15, 0.2) is 42.4 Å². The van der Waals surface area contributed by atoms with Gasteiger partial charge in [0.15, 0.2) is 5.82 Å². The van der Waals surface area contributed by atoms with Crippen molar-refractivity contribution in [2.24, 2.45) is 0 Å². The summed E-state index contributed by atoms with van der Waals surface area (Å²) in [5, 5.41) is 5.51. The number of hydrogen-bond acceptors (Lipinski definition) is 5. The molecule has 1 aliphatic rings. The quantitative estimate of drug-likeness (QED) is 0.822. The standard InChI is InChI=1S/C18H19N5O3/c1-12-6-13(2)8-14(7-12)18-19-11-22(21-18)5-4-16(24)20-23-10-15(26-3)9-17(23)25/h4-9,11H,10H2,1-3H3,(H,20,24)/b5-4-. The van der Waals surface area contributed by atoms with E-state index in [4.69, 9.17) is 4.74 Å². The van der Waals surface area contributed by atoms with Gasteiger partial charge in [0.05, 0.1) is 7.11 Å². The number of aryl methyl sites for hydroxylation is 2. The van der Waals surface area contributed by atoms with E-state index in [1.54, 1.807) is 0 Å². The molecule has 3 rings (SSSR count). The number of carbonyl (C=O) groups excluding carboxylic acids is 2. The number of nitrogens with one attached hydrogen (secondary N) is 1. The highest BCUT2D eigenvalue weighted by Crippen LogP contribution is 2.18. The number of rotatable bonds is 5. The largest absolute Gasteiger partial charge is 0.499 e. The summed E-state index contributed by atoms with van der Waals surface area (Å²) >= 11 is 0. The van der Waals surface area contributed by atoms with Crippen LogP contribution in [-0.2, 0) is 14.3 Å². The second kappa shape index (κ2) is 7.22. The third kappa shape index (κ3) is 3.97. The van der Waals surface area contributed by atoms with Crippen LogP contribution >= 0.6 is 0 Å². The van der Waals surface area contributed by atoms with Crippen LogP contribution in [0.5, 0.6) is 0 Å². The Kier molecular flexibility index (Phi) is 4.83. The predicted molar refractivity (Wildman–Crippen MR) is 95.2 cm³/mol. The summed E-state index contributed by atoms with van der Waals surface area (Å²) in [6, 6.07) is 6.08. The topological polar surface area (TPSA) is 89.4 Å². The molecule has 0 saturated carbocycles. The average molecular weight is 353 g/mol. The number of hydrogen-bond donors (Lipinski definition) is 1. The summed E-state index contributed by atoms with van der Waals surface area (Å²) in [5.74, 6) is 0.285. The molecular weight excluding hydrogens is 334 g/mol. The van der Waals surface area contributed by atoms with Crippen LogP contribution in [-0.4, -0.2) is 45.2 Å². The lowest BCUT2D eigenvalue weighted by atomic mass is 10.1. The normalized spacial score (nSPS) is 14.0. The Balaban J connectivity index is 1.63. The van der Waals surface area contributed by atoms with Crippen LogP contribution in [0.4, 0.5) is 0 Å². The Hall–Kier alpha value is -3.42. The van der Waals surface area contributed by atoms with Gasteiger partial charge in [-0.2, -0.15) is 0 Å². The lowest BCUT2D eigenvalue weighted by Gasteiger charge is -2.15. The first kappa shape index (κ1) is 17.4. The minimum Gasteiger partial charge on any atom is -0.499 e. The third-order valence-corrected chi connectivity index (χ3v) is 3.74. The molecule has 8 nitrogen and oxygen atoms in total. The van der Waals surface area contributed by atoms with Crippen LogP contribution in [0, 0.1) is 13.8 Å². The van der Waals surface area contributed by atoms with E-state index in [9.17, 15) is 9.59 Å². The Morgan fingerprint density at radius 1 is 1.27 bits per heavy atom. The molecule has 1 N–H and O–H groups in total. The van der Waals surface area contributed by atoms with Gasteiger partial charge in [-0.15, -0.1) is 5.10 Å². The number of ether oxygens (including phenoxy) is 1. The summed E-state index contributed by atoms with van der Waals surface area (Å²) in [4.78, 5) is 27.9. The van der Waals surface area contributed by atoms with Crippen LogP contribution in [0.1, 0.15) is 11.1 Å². The summed E-state index contributed by atoms with van der Waals surface area (Å²) in [5.41, 5.74) is 5.66. The molecule has 1 aliphatic heterocycles. The minimum atomic E-state index is -0.451. The maximum Gasteiger partial charge on any atom is 0.268 e. The van der Waals surface area contributed by atoms with Crippen molar-refractivity contribution in [2.45, 2.75) is 13.8 Å². The molecule has 0 atom stereocenters. The zero-order valence-corrected chi connectivity index (χ0v) is 14.8. The van der Waals surface area contributed by atoms with Crippen LogP contribution in [0.25, 0.3) is 17.6 Å². The molecule has 2 aromatic rings. The van der Waals surface area contributed by atoms with E-state index in [1.807, 2.05) is 26.0 Å². The van der Waals surface area contributed by atoms with Gasteiger partial charge in [-0.3, -0.25) is 15.0 Å². The molecule has 0 spiro atoms. The second-order valence-corrected chi connectivity index (χ2v) is 5.96. The zero-order valence-electron chi connectivity index (χ0n) is 14.8. The highest BCUT2D eigenvalue weighted by atomic mass is 16.5. The Morgan fingerprint density at radius 3 is 2.65 bits per heavy atom. The van der Waals surface area contributed by atoms with Crippen molar-refractivity contribution in [3.8, 4) is 11.4 Å². The maximum atomic E-state index is 12.0. The summed E-state index contributed by atoms with van der Waals surface area (Å²) in [7, 11) is 1.47. The first-order valence-electron chi connectivity index (χ1n) is 7.99. The van der Waals surface area contributed by atoms with Crippen molar-refractivity contribution in [2.75, 3.05) is 13.7 Å². The van der Waals surface area contributed by atoms with Gasteiger partial charge in [-0.1, -0.05) is 17.2 Å². The fourth-order valence-electron chi connectivity index (χ4n) is 2.61. The molecule has 1 aromatic heterocycles. The first-order valence-corrected chi connectivity index (χ1v) is 7.99. The Morgan fingerprint density at radius 2 is 2.00 bits per heavy atom. The number of hydrazine groups is 1. The highest BCUT2D eigenvalue weighted by molar-refractivity contribution is 5.95. The molecule has 26 heavy (non-hydrogen) atoms. The maximum absolute atomic E-state index is 12.0. The summed E-state index contributed by atoms with van der Waals surface area (Å²) in [6.45, 7) is 4.23. The first-order chi connectivity index (χ1) is 12.4. The molecule has 2 amide bonds. The number of nitrogens with zero attached hydrogens (tertiary/aromatic N) is 4. The van der Waals surface area contributed by atoms with Crippen LogP contribution < -0.4 is 5.43 Å². The van der Waals surface area contributed by atoms with Gasteiger partial charge >= 0.3 is 0 Å². The average Bonchev–Trinajstić information content (AvgIpc) is 3.19. The molecule has 0 fully saturated rings. The van der Waals surface area contributed by atoms with Crippen LogP contribution in [0.2, 0.25) is 0 Å². The zero-order chi connectivity index (χ0) is 18.7. The van der Waals surface area contributed by atoms with Gasteiger partial charge in [0.25, 0.3) is 11.8 Å². The van der Waals surface area contributed by atoms with E-state index in [1.165, 1.54) is 41.5 Å². The van der Waals surface area contributed by atoms with Gasteiger partial charge in [0.1, 0.15) is 18.6 Å². The van der Waals surface area contributed by atoms with Crippen molar-refractivity contribution < 1.29 is 14.3 Å². The van der Waals surface area contributed by atoms with Gasteiger partial charge in [-0.05, 0) is 26.0 Å². The van der Waals surface area contributed by atoms with Gasteiger partial charge in [0, 0.05) is 23.9 Å². The molecule has 0 bridgehead atoms. The number of aromatic nitrogens is 3. The highest BCUT2D eigenvalue weighted by Gasteiger charge is 2.23. The van der Waals surface area contributed by atoms with E-state index < -0.39 is 5.91 Å². The van der Waals surface area contributed by atoms with E-state index in [0.717, 1.165) is 16.7 Å². The number of benzene rings is 1. The number of amides is 2. The molecular formula is C18H19N5O3. The molecule has 0 saturated heterocycles. The fraction of sp³-hybridized carbons (Fsp3) is 0.222. The van der Waals surface area contributed by atoms with E-state index in [0.29, 0.717) is 11.6 Å². The van der Waals surface area contributed by atoms with Gasteiger partial charge in [0.2, 0.25) is 0 Å². The van der Waals surface area contributed by atoms with E-state index in [-0.39, 0.29) is 12.5 Å². The van der Waals surface area contributed by atoms with Gasteiger partial charge in [-0.25, -0.2) is 14.7 Å². The predicted octanol–water partition coefficient (Wildman–Crippen LogP) is 1.44. The summed E-state index contributed by atoms with van der Waals surface area (Å²) < 4.78 is 6.43. The molecule has 2 heterocycles. The number of carbonyl (C=O) groups is 2. The van der Waals surface area contributed by atoms with Crippen molar-refractivity contribution in [1.29, 1.82) is 0 Å².